The van der Waals surface area contributed by atoms with Gasteiger partial charge < -0.3 is 5.32 Å². The highest BCUT2D eigenvalue weighted by Gasteiger charge is 2.07. The predicted molar refractivity (Wildman–Crippen MR) is 62.9 cm³/mol. The second kappa shape index (κ2) is 4.03. The second-order valence-corrected chi connectivity index (χ2v) is 4.06. The average molecular weight is 203 g/mol. The number of nitrogens with one attached hydrogen (secondary N) is 1. The van der Waals surface area contributed by atoms with Crippen LogP contribution < -0.4 is 5.32 Å². The molecule has 3 nitrogen and oxygen atoms in total. The maximum absolute atomic E-state index is 4.43. The van der Waals surface area contributed by atoms with Crippen molar-refractivity contribution in [2.45, 2.75) is 26.4 Å². The zero-order valence-electron chi connectivity index (χ0n) is 9.49. The summed E-state index contributed by atoms with van der Waals surface area (Å²) in [5, 5.41) is 8.85. The summed E-state index contributed by atoms with van der Waals surface area (Å²) in [6.07, 6.45) is 1.96. The molecule has 0 aliphatic heterocycles. The SMILES string of the molecule is CNCc1cccc2c1cnn2C(C)C. The van der Waals surface area contributed by atoms with Crippen LogP contribution in [0.25, 0.3) is 10.9 Å². The Morgan fingerprint density at radius 1 is 1.40 bits per heavy atom. The number of nitrogens with zero attached hydrogens (tertiary/aromatic N) is 2. The van der Waals surface area contributed by atoms with Crippen molar-refractivity contribution in [2.75, 3.05) is 7.05 Å². The average Bonchev–Trinajstić information content (AvgIpc) is 2.62. The van der Waals surface area contributed by atoms with Crippen molar-refractivity contribution >= 4 is 10.9 Å². The zero-order valence-corrected chi connectivity index (χ0v) is 9.49. The number of aromatic nitrogens is 2. The first kappa shape index (κ1) is 10.2. The van der Waals surface area contributed by atoms with Gasteiger partial charge in [-0.25, -0.2) is 0 Å². The van der Waals surface area contributed by atoms with Crippen LogP contribution in [0.4, 0.5) is 0 Å². The first-order valence-electron chi connectivity index (χ1n) is 5.33. The van der Waals surface area contributed by atoms with Crippen molar-refractivity contribution in [3.05, 3.63) is 30.0 Å². The molecule has 0 saturated carbocycles. The van der Waals surface area contributed by atoms with E-state index in [2.05, 4.69) is 47.1 Å². The Morgan fingerprint density at radius 2 is 2.20 bits per heavy atom. The Kier molecular flexibility index (Phi) is 2.73. The fourth-order valence-corrected chi connectivity index (χ4v) is 1.89. The molecule has 3 heteroatoms. The Bertz CT molecular complexity index is 457. The van der Waals surface area contributed by atoms with E-state index in [1.54, 1.807) is 0 Å². The molecule has 15 heavy (non-hydrogen) atoms. The summed E-state index contributed by atoms with van der Waals surface area (Å²) in [5.74, 6) is 0. The smallest absolute Gasteiger partial charge is 0.0688 e. The van der Waals surface area contributed by atoms with Gasteiger partial charge >= 0.3 is 0 Å². The molecule has 1 N–H and O–H groups in total. The second-order valence-electron chi connectivity index (χ2n) is 4.06. The van der Waals surface area contributed by atoms with E-state index >= 15 is 0 Å². The van der Waals surface area contributed by atoms with Crippen molar-refractivity contribution in [2.24, 2.45) is 0 Å². The van der Waals surface area contributed by atoms with Crippen LogP contribution in [0.3, 0.4) is 0 Å². The zero-order chi connectivity index (χ0) is 10.8. The fourth-order valence-electron chi connectivity index (χ4n) is 1.89. The van der Waals surface area contributed by atoms with Gasteiger partial charge in [-0.05, 0) is 32.5 Å². The van der Waals surface area contributed by atoms with Gasteiger partial charge in [0.2, 0.25) is 0 Å². The normalized spacial score (nSPS) is 11.5. The van der Waals surface area contributed by atoms with E-state index in [0.717, 1.165) is 6.54 Å². The van der Waals surface area contributed by atoms with Crippen LogP contribution in [-0.2, 0) is 6.54 Å². The third-order valence-corrected chi connectivity index (χ3v) is 2.59. The number of hydrogen-bond acceptors (Lipinski definition) is 2. The Morgan fingerprint density at radius 3 is 2.87 bits per heavy atom. The lowest BCUT2D eigenvalue weighted by atomic mass is 10.1. The molecule has 2 aromatic rings. The van der Waals surface area contributed by atoms with E-state index in [0.29, 0.717) is 6.04 Å². The Hall–Kier alpha value is -1.35. The molecular weight excluding hydrogens is 186 g/mol. The van der Waals surface area contributed by atoms with Gasteiger partial charge in [-0.1, -0.05) is 12.1 Å². The first-order valence-corrected chi connectivity index (χ1v) is 5.33. The van der Waals surface area contributed by atoms with Gasteiger partial charge in [0.25, 0.3) is 0 Å². The highest BCUT2D eigenvalue weighted by Crippen LogP contribution is 2.21. The summed E-state index contributed by atoms with van der Waals surface area (Å²) in [6.45, 7) is 5.19. The summed E-state index contributed by atoms with van der Waals surface area (Å²) in [7, 11) is 1.96. The van der Waals surface area contributed by atoms with Gasteiger partial charge in [-0.3, -0.25) is 4.68 Å². The fraction of sp³-hybridized carbons (Fsp3) is 0.417. The van der Waals surface area contributed by atoms with Crippen molar-refractivity contribution < 1.29 is 0 Å². The molecule has 0 aliphatic rings. The third-order valence-electron chi connectivity index (χ3n) is 2.59. The summed E-state index contributed by atoms with van der Waals surface area (Å²) < 4.78 is 2.06. The van der Waals surface area contributed by atoms with E-state index in [1.165, 1.54) is 16.5 Å². The van der Waals surface area contributed by atoms with Gasteiger partial charge in [0.15, 0.2) is 0 Å². The monoisotopic (exact) mass is 203 g/mol. The van der Waals surface area contributed by atoms with Crippen LogP contribution >= 0.6 is 0 Å². The summed E-state index contributed by atoms with van der Waals surface area (Å²) in [4.78, 5) is 0. The molecule has 0 unspecified atom stereocenters. The van der Waals surface area contributed by atoms with E-state index in [1.807, 2.05) is 13.2 Å². The van der Waals surface area contributed by atoms with Crippen LogP contribution in [-0.4, -0.2) is 16.8 Å². The molecule has 0 radical (unpaired) electrons. The standard InChI is InChI=1S/C12H17N3/c1-9(2)15-12-6-4-5-10(7-13-3)11(12)8-14-15/h4-6,8-9,13H,7H2,1-3H3. The molecule has 80 valence electrons. The largest absolute Gasteiger partial charge is 0.316 e. The molecule has 2 rings (SSSR count). The molecule has 0 atom stereocenters. The molecule has 0 aliphatic carbocycles. The van der Waals surface area contributed by atoms with Gasteiger partial charge in [0.1, 0.15) is 0 Å². The maximum atomic E-state index is 4.43. The minimum absolute atomic E-state index is 0.410. The number of benzene rings is 1. The molecule has 1 aromatic heterocycles. The number of fused-ring (bicyclic) bond motifs is 1. The number of hydrogen-bond donors (Lipinski definition) is 1. The van der Waals surface area contributed by atoms with E-state index in [9.17, 15) is 0 Å². The van der Waals surface area contributed by atoms with Crippen LogP contribution in [0, 0.1) is 0 Å². The molecular formula is C12H17N3. The highest BCUT2D eigenvalue weighted by atomic mass is 15.3. The van der Waals surface area contributed by atoms with Crippen LogP contribution in [0.15, 0.2) is 24.4 Å². The molecule has 1 aromatic carbocycles. The summed E-state index contributed by atoms with van der Waals surface area (Å²) in [5.41, 5.74) is 2.53. The quantitative estimate of drug-likeness (QED) is 0.829. The molecule has 1 heterocycles. The summed E-state index contributed by atoms with van der Waals surface area (Å²) in [6, 6.07) is 6.77. The van der Waals surface area contributed by atoms with E-state index in [4.69, 9.17) is 0 Å². The molecule has 0 bridgehead atoms. The molecule has 0 saturated heterocycles. The number of rotatable bonds is 3. The highest BCUT2D eigenvalue weighted by molar-refractivity contribution is 5.82. The minimum Gasteiger partial charge on any atom is -0.316 e. The third kappa shape index (κ3) is 1.75. The van der Waals surface area contributed by atoms with Crippen molar-refractivity contribution in [3.8, 4) is 0 Å². The van der Waals surface area contributed by atoms with Crippen molar-refractivity contribution in [1.82, 2.24) is 15.1 Å². The summed E-state index contributed by atoms with van der Waals surface area (Å²) >= 11 is 0. The lowest BCUT2D eigenvalue weighted by Gasteiger charge is -2.07. The topological polar surface area (TPSA) is 29.9 Å². The van der Waals surface area contributed by atoms with Crippen molar-refractivity contribution in [3.63, 3.8) is 0 Å². The van der Waals surface area contributed by atoms with Gasteiger partial charge in [0, 0.05) is 18.0 Å². The first-order chi connectivity index (χ1) is 7.24. The van der Waals surface area contributed by atoms with E-state index < -0.39 is 0 Å². The predicted octanol–water partition coefficient (Wildman–Crippen LogP) is 2.34. The van der Waals surface area contributed by atoms with Crippen molar-refractivity contribution in [1.29, 1.82) is 0 Å². The van der Waals surface area contributed by atoms with Crippen LogP contribution in [0.1, 0.15) is 25.5 Å². The molecule has 0 fully saturated rings. The van der Waals surface area contributed by atoms with Crippen LogP contribution in [0.5, 0.6) is 0 Å². The van der Waals surface area contributed by atoms with Gasteiger partial charge in [0.05, 0.1) is 11.7 Å². The maximum Gasteiger partial charge on any atom is 0.0688 e. The Balaban J connectivity index is 2.58. The lowest BCUT2D eigenvalue weighted by molar-refractivity contribution is 0.551. The molecule has 0 amide bonds. The Labute approximate surface area is 90.1 Å². The van der Waals surface area contributed by atoms with Crippen LogP contribution in [0.2, 0.25) is 0 Å². The minimum atomic E-state index is 0.410. The van der Waals surface area contributed by atoms with Gasteiger partial charge in [-0.2, -0.15) is 5.10 Å². The van der Waals surface area contributed by atoms with Gasteiger partial charge in [-0.15, -0.1) is 0 Å². The molecule has 0 spiro atoms. The lowest BCUT2D eigenvalue weighted by Crippen LogP contribution is -2.05. The van der Waals surface area contributed by atoms with E-state index in [-0.39, 0.29) is 0 Å².